The number of benzene rings is 4. The third-order valence-corrected chi connectivity index (χ3v) is 7.33. The second kappa shape index (κ2) is 11.1. The summed E-state index contributed by atoms with van der Waals surface area (Å²) in [6.45, 7) is 0. The molecule has 0 heterocycles. The molecule has 0 bridgehead atoms. The molecule has 0 amide bonds. The minimum Gasteiger partial charge on any atom is -0.399 e. The zero-order valence-electron chi connectivity index (χ0n) is 21.3. The molecule has 4 aromatic rings. The van der Waals surface area contributed by atoms with Gasteiger partial charge in [0.15, 0.2) is 0 Å². The van der Waals surface area contributed by atoms with Gasteiger partial charge in [-0.15, -0.1) is 0 Å². The molecule has 0 aliphatic heterocycles. The highest BCUT2D eigenvalue weighted by Crippen LogP contribution is 2.39. The molecule has 0 saturated carbocycles. The van der Waals surface area contributed by atoms with Crippen LogP contribution in [0.25, 0.3) is 21.5 Å². The average Bonchev–Trinajstić information content (AvgIpc) is 2.93. The van der Waals surface area contributed by atoms with Gasteiger partial charge in [-0.05, 0) is 47.5 Å². The van der Waals surface area contributed by atoms with Crippen LogP contribution in [0.15, 0.2) is 96.7 Å². The summed E-state index contributed by atoms with van der Waals surface area (Å²) in [6, 6.07) is 18.6. The van der Waals surface area contributed by atoms with Crippen LogP contribution in [0.4, 0.5) is 24.5 Å². The van der Waals surface area contributed by atoms with E-state index in [2.05, 4.69) is 4.18 Å². The number of fused-ring (bicyclic) bond motifs is 2. The van der Waals surface area contributed by atoms with E-state index in [9.17, 15) is 41.8 Å². The first-order valence-corrected chi connectivity index (χ1v) is 13.3. The van der Waals surface area contributed by atoms with Crippen molar-refractivity contribution in [2.24, 2.45) is 11.5 Å². The zero-order valence-corrected chi connectivity index (χ0v) is 22.1. The summed E-state index contributed by atoms with van der Waals surface area (Å²) in [4.78, 5) is 21.2. The van der Waals surface area contributed by atoms with Crippen molar-refractivity contribution in [3.05, 3.63) is 123 Å². The normalized spacial score (nSPS) is 16.8. The Hall–Kier alpha value is -5.02. The third-order valence-electron chi connectivity index (χ3n) is 6.36. The predicted molar refractivity (Wildman–Crippen MR) is 149 cm³/mol. The standard InChI is InChI=1S/C16H15N3O2.C11H6F3NO5S/c17-12-7-9-16(18,10-8-12)14-6-5-11-3-1-2-4-13(11)15(14)19(20)21;12-11(13,14)21(18,19)20-9-6-5-7-3-1-2-4-8(7)10(9)15(16)17/h1-9H,10,17-18H2;1-6H. The largest absolute Gasteiger partial charge is 0.534 e. The maximum Gasteiger partial charge on any atom is 0.534 e. The van der Waals surface area contributed by atoms with Crippen LogP contribution in [0.2, 0.25) is 0 Å². The molecular formula is C27H21F3N4O7S. The van der Waals surface area contributed by atoms with Crippen LogP contribution in [-0.4, -0.2) is 23.8 Å². The van der Waals surface area contributed by atoms with E-state index in [1.165, 1.54) is 24.3 Å². The van der Waals surface area contributed by atoms with Crippen molar-refractivity contribution >= 4 is 43.0 Å². The van der Waals surface area contributed by atoms with Crippen molar-refractivity contribution in [1.82, 2.24) is 0 Å². The molecule has 218 valence electrons. The second-order valence-corrected chi connectivity index (χ2v) is 10.6. The highest BCUT2D eigenvalue weighted by Gasteiger charge is 2.49. The number of rotatable bonds is 5. The third kappa shape index (κ3) is 5.87. The lowest BCUT2D eigenvalue weighted by molar-refractivity contribution is -0.384. The van der Waals surface area contributed by atoms with Crippen molar-refractivity contribution in [3.8, 4) is 5.75 Å². The van der Waals surface area contributed by atoms with Gasteiger partial charge in [0.25, 0.3) is 5.69 Å². The number of nitrogens with zero attached hydrogens (tertiary/aromatic N) is 2. The van der Waals surface area contributed by atoms with Crippen LogP contribution in [0.1, 0.15) is 12.0 Å². The molecule has 4 aromatic carbocycles. The number of nitro groups is 2. The SMILES string of the molecule is NC1=CCC(N)(c2ccc3ccccc3c2[N+](=O)[O-])C=C1.O=[N+]([O-])c1c(OS(=O)(=O)C(F)(F)F)ccc2ccccc12. The van der Waals surface area contributed by atoms with Crippen molar-refractivity contribution < 1.29 is 35.6 Å². The summed E-state index contributed by atoms with van der Waals surface area (Å²) in [5, 5.41) is 24.3. The monoisotopic (exact) mass is 602 g/mol. The molecule has 5 rings (SSSR count). The Balaban J connectivity index is 0.000000193. The van der Waals surface area contributed by atoms with Gasteiger partial charge in [0.05, 0.1) is 31.7 Å². The van der Waals surface area contributed by atoms with Crippen LogP contribution >= 0.6 is 0 Å². The van der Waals surface area contributed by atoms with E-state index >= 15 is 0 Å². The van der Waals surface area contributed by atoms with E-state index in [-0.39, 0.29) is 16.0 Å². The molecule has 15 heteroatoms. The van der Waals surface area contributed by atoms with Crippen molar-refractivity contribution in [3.63, 3.8) is 0 Å². The summed E-state index contributed by atoms with van der Waals surface area (Å²) in [6.07, 6.45) is 5.66. The molecule has 1 atom stereocenters. The van der Waals surface area contributed by atoms with E-state index in [4.69, 9.17) is 11.5 Å². The van der Waals surface area contributed by atoms with Gasteiger partial charge in [0.1, 0.15) is 0 Å². The molecular weight excluding hydrogens is 581 g/mol. The number of alkyl halides is 3. The number of nitrogens with two attached hydrogens (primary N) is 2. The van der Waals surface area contributed by atoms with Crippen molar-refractivity contribution in [1.29, 1.82) is 0 Å². The molecule has 42 heavy (non-hydrogen) atoms. The fourth-order valence-corrected chi connectivity index (χ4v) is 4.82. The van der Waals surface area contributed by atoms with Gasteiger partial charge < -0.3 is 15.7 Å². The van der Waals surface area contributed by atoms with E-state index < -0.39 is 37.5 Å². The molecule has 1 unspecified atom stereocenters. The maximum atomic E-state index is 12.3. The number of hydrogen-bond acceptors (Lipinski definition) is 9. The highest BCUT2D eigenvalue weighted by molar-refractivity contribution is 7.88. The van der Waals surface area contributed by atoms with Gasteiger partial charge in [0, 0.05) is 5.70 Å². The fourth-order valence-electron chi connectivity index (χ4n) is 4.35. The van der Waals surface area contributed by atoms with E-state index in [0.29, 0.717) is 28.5 Å². The van der Waals surface area contributed by atoms with Gasteiger partial charge in [-0.1, -0.05) is 60.7 Å². The lowest BCUT2D eigenvalue weighted by atomic mass is 9.82. The Labute approximate surface area is 235 Å². The Bertz CT molecular complexity index is 1890. The lowest BCUT2D eigenvalue weighted by Crippen LogP contribution is -2.36. The van der Waals surface area contributed by atoms with Crippen molar-refractivity contribution in [2.45, 2.75) is 17.5 Å². The van der Waals surface area contributed by atoms with Gasteiger partial charge >= 0.3 is 21.3 Å². The van der Waals surface area contributed by atoms with Crippen molar-refractivity contribution in [2.75, 3.05) is 0 Å². The quantitative estimate of drug-likeness (QED) is 0.126. The number of allylic oxidation sites excluding steroid dienone is 1. The van der Waals surface area contributed by atoms with E-state index in [0.717, 1.165) is 11.5 Å². The van der Waals surface area contributed by atoms with Gasteiger partial charge in [-0.3, -0.25) is 20.2 Å². The van der Waals surface area contributed by atoms with Crippen LogP contribution in [-0.2, 0) is 15.7 Å². The Kier molecular flexibility index (Phi) is 7.91. The highest BCUT2D eigenvalue weighted by atomic mass is 32.2. The number of halogens is 3. The van der Waals surface area contributed by atoms with Crippen LogP contribution in [0.3, 0.4) is 0 Å². The smallest absolute Gasteiger partial charge is 0.399 e. The van der Waals surface area contributed by atoms with Crippen LogP contribution in [0.5, 0.6) is 5.75 Å². The second-order valence-electron chi connectivity index (χ2n) is 9.10. The molecule has 0 spiro atoms. The summed E-state index contributed by atoms with van der Waals surface area (Å²) < 4.78 is 62.6. The van der Waals surface area contributed by atoms with Gasteiger partial charge in [0.2, 0.25) is 5.75 Å². The van der Waals surface area contributed by atoms with E-state index in [1.54, 1.807) is 42.5 Å². The minimum absolute atomic E-state index is 0.0302. The lowest BCUT2D eigenvalue weighted by Gasteiger charge is -2.28. The molecule has 1 aliphatic carbocycles. The Morgan fingerprint density at radius 3 is 1.86 bits per heavy atom. The topological polar surface area (TPSA) is 182 Å². The molecule has 0 radical (unpaired) electrons. The molecule has 0 saturated heterocycles. The summed E-state index contributed by atoms with van der Waals surface area (Å²) >= 11 is 0. The maximum absolute atomic E-state index is 12.3. The number of hydrogen-bond donors (Lipinski definition) is 2. The molecule has 0 fully saturated rings. The first-order valence-electron chi connectivity index (χ1n) is 11.9. The van der Waals surface area contributed by atoms with E-state index in [1.807, 2.05) is 18.2 Å². The molecule has 11 nitrogen and oxygen atoms in total. The van der Waals surface area contributed by atoms with Gasteiger partial charge in [-0.2, -0.15) is 21.6 Å². The summed E-state index contributed by atoms with van der Waals surface area (Å²) in [7, 11) is -5.98. The first-order chi connectivity index (χ1) is 19.6. The van der Waals surface area contributed by atoms with Crippen LogP contribution < -0.4 is 15.7 Å². The molecule has 4 N–H and O–H groups in total. The van der Waals surface area contributed by atoms with Crippen LogP contribution in [0, 0.1) is 20.2 Å². The Morgan fingerprint density at radius 1 is 0.833 bits per heavy atom. The molecule has 0 aromatic heterocycles. The zero-order chi connectivity index (χ0) is 30.9. The Morgan fingerprint density at radius 2 is 1.36 bits per heavy atom. The molecule has 1 aliphatic rings. The summed E-state index contributed by atoms with van der Waals surface area (Å²) in [5.74, 6) is -0.990. The number of nitro benzene ring substituents is 2. The summed E-state index contributed by atoms with van der Waals surface area (Å²) in [5.41, 5.74) is 5.85. The fraction of sp³-hybridized carbons (Fsp3) is 0.111. The first kappa shape index (κ1) is 30.0. The van der Waals surface area contributed by atoms with Gasteiger partial charge in [-0.25, -0.2) is 0 Å². The average molecular weight is 603 g/mol. The predicted octanol–water partition coefficient (Wildman–Crippen LogP) is 5.68. The minimum atomic E-state index is -5.98.